The van der Waals surface area contributed by atoms with Gasteiger partial charge in [0.1, 0.15) is 0 Å². The van der Waals surface area contributed by atoms with E-state index in [1.807, 2.05) is 48.5 Å². The molecule has 0 saturated carbocycles. The van der Waals surface area contributed by atoms with Crippen molar-refractivity contribution in [1.29, 1.82) is 0 Å². The normalized spacial score (nSPS) is 10.5. The zero-order valence-corrected chi connectivity index (χ0v) is 23.9. The molecule has 0 aromatic heterocycles. The van der Waals surface area contributed by atoms with E-state index >= 15 is 0 Å². The number of hydrogen-bond acceptors (Lipinski definition) is 2. The smallest absolute Gasteiger partial charge is 1.00 e. The molecule has 0 saturated heterocycles. The molecule has 0 bridgehead atoms. The molecular weight excluding hydrogens is 507 g/mol. The largest absolute Gasteiger partial charge is 1.00 e. The maximum atomic E-state index is 12.9. The van der Waals surface area contributed by atoms with E-state index in [-0.39, 0.29) is 36.2 Å². The summed E-state index contributed by atoms with van der Waals surface area (Å²) in [5, 5.41) is 7.91. The van der Waals surface area contributed by atoms with Crippen LogP contribution in [0.25, 0.3) is 43.1 Å². The Kier molecular flexibility index (Phi) is 8.47. The molecule has 6 rings (SSSR count). The molecule has 2 amide bonds. The first-order valence-corrected chi connectivity index (χ1v) is 12.2. The minimum atomic E-state index is -0.639. The van der Waals surface area contributed by atoms with Crippen LogP contribution < -0.4 is 40.2 Å². The second-order valence-electron chi connectivity index (χ2n) is 8.35. The summed E-state index contributed by atoms with van der Waals surface area (Å²) >= 11 is 7.41. The number of rotatable bonds is 2. The van der Waals surface area contributed by atoms with Crippen LogP contribution in [0.2, 0.25) is 0 Å². The fraction of sp³-hybridized carbons (Fsp3) is 0. The molecular formula is C30H23N2NaO2S2. The second-order valence-corrected chi connectivity index (χ2v) is 9.17. The van der Waals surface area contributed by atoms with Crippen molar-refractivity contribution >= 4 is 90.2 Å². The van der Waals surface area contributed by atoms with E-state index in [9.17, 15) is 4.79 Å². The summed E-state index contributed by atoms with van der Waals surface area (Å²) in [6.07, 6.45) is 0. The standard InChI is InChI=1S/C29H19NOS.CH3NOS.Na.H/c31-29(32)30(27-13-5-11-23-15-19-7-1-3-9-21(19)17-25(23)27)28-14-6-12-24-16-20-8-2-4-10-22(20)18-26(24)28;2-1(3)4;;/h1-18H,(H,31,32);(H3,2,3,4);;/q;;+1;-1. The van der Waals surface area contributed by atoms with Crippen molar-refractivity contribution in [3.63, 3.8) is 0 Å². The van der Waals surface area contributed by atoms with Crippen molar-refractivity contribution in [2.24, 2.45) is 5.73 Å². The van der Waals surface area contributed by atoms with Gasteiger partial charge in [-0.3, -0.25) is 14.5 Å². The number of thiol groups is 2. The summed E-state index contributed by atoms with van der Waals surface area (Å²) < 4.78 is 0. The van der Waals surface area contributed by atoms with Gasteiger partial charge in [-0.1, -0.05) is 98.1 Å². The molecule has 178 valence electrons. The van der Waals surface area contributed by atoms with Crippen LogP contribution in [0.1, 0.15) is 1.43 Å². The maximum absolute atomic E-state index is 12.9. The van der Waals surface area contributed by atoms with E-state index in [4.69, 9.17) is 4.79 Å². The summed E-state index contributed by atoms with van der Waals surface area (Å²) in [6.45, 7) is 0. The first kappa shape index (κ1) is 27.0. The minimum absolute atomic E-state index is 0. The molecule has 6 aromatic carbocycles. The first-order valence-electron chi connectivity index (χ1n) is 11.3. The fourth-order valence-electron chi connectivity index (χ4n) is 4.63. The summed E-state index contributed by atoms with van der Waals surface area (Å²) in [6, 6.07) is 37.4. The average Bonchev–Trinajstić information content (AvgIpc) is 2.86. The van der Waals surface area contributed by atoms with Gasteiger partial charge < -0.3 is 7.16 Å². The van der Waals surface area contributed by atoms with Crippen molar-refractivity contribution in [3.05, 3.63) is 109 Å². The fourth-order valence-corrected chi connectivity index (χ4v) is 4.84. The Labute approximate surface area is 249 Å². The predicted molar refractivity (Wildman–Crippen MR) is 159 cm³/mol. The van der Waals surface area contributed by atoms with E-state index in [2.05, 4.69) is 91.7 Å². The molecule has 7 heteroatoms. The Morgan fingerprint density at radius 1 is 0.568 bits per heavy atom. The summed E-state index contributed by atoms with van der Waals surface area (Å²) in [5.74, 6) is 0. The number of carbonyl (C=O) groups excluding carboxylic acids is 2. The van der Waals surface area contributed by atoms with E-state index in [0.717, 1.165) is 43.7 Å². The van der Waals surface area contributed by atoms with Crippen LogP contribution in [-0.2, 0) is 0 Å². The van der Waals surface area contributed by atoms with E-state index in [1.165, 1.54) is 10.8 Å². The Bertz CT molecular complexity index is 1670. The second kappa shape index (κ2) is 11.6. The molecule has 0 fully saturated rings. The van der Waals surface area contributed by atoms with Gasteiger partial charge in [0.25, 0.3) is 10.5 Å². The molecule has 0 unspecified atom stereocenters. The van der Waals surface area contributed by atoms with Crippen molar-refractivity contribution < 1.29 is 40.6 Å². The van der Waals surface area contributed by atoms with Gasteiger partial charge in [-0.15, -0.1) is 0 Å². The molecule has 6 aromatic rings. The van der Waals surface area contributed by atoms with Crippen LogP contribution in [-0.4, -0.2) is 10.5 Å². The predicted octanol–water partition coefficient (Wildman–Crippen LogP) is 5.60. The minimum Gasteiger partial charge on any atom is -1.00 e. The number of amides is 2. The number of fused-ring (bicyclic) bond motifs is 4. The van der Waals surface area contributed by atoms with Gasteiger partial charge in [0.15, 0.2) is 0 Å². The molecule has 4 nitrogen and oxygen atoms in total. The van der Waals surface area contributed by atoms with Crippen molar-refractivity contribution in [2.45, 2.75) is 0 Å². The zero-order valence-electron chi connectivity index (χ0n) is 21.1. The molecule has 2 N–H and O–H groups in total. The monoisotopic (exact) mass is 530 g/mol. The SMILES string of the molecule is NC(=O)S.O=C(S)N(c1cccc2cc3ccccc3cc12)c1cccc2cc3ccccc3cc12.[H-].[Na+]. The van der Waals surface area contributed by atoms with Gasteiger partial charge in [-0.25, -0.2) is 0 Å². The molecule has 0 radical (unpaired) electrons. The molecule has 0 aliphatic rings. The van der Waals surface area contributed by atoms with Crippen molar-refractivity contribution in [2.75, 3.05) is 4.90 Å². The summed E-state index contributed by atoms with van der Waals surface area (Å²) in [5.41, 5.74) is 5.99. The number of hydrogen-bond donors (Lipinski definition) is 3. The van der Waals surface area contributed by atoms with Crippen LogP contribution >= 0.6 is 25.3 Å². The van der Waals surface area contributed by atoms with Gasteiger partial charge in [0.2, 0.25) is 0 Å². The Hall–Kier alpha value is -3.00. The van der Waals surface area contributed by atoms with Crippen molar-refractivity contribution in [3.8, 4) is 0 Å². The molecule has 0 atom stereocenters. The first-order chi connectivity index (χ1) is 17.4. The summed E-state index contributed by atoms with van der Waals surface area (Å²) in [4.78, 5) is 23.8. The van der Waals surface area contributed by atoms with Gasteiger partial charge in [0, 0.05) is 10.8 Å². The number of anilines is 2. The van der Waals surface area contributed by atoms with Crippen LogP contribution in [0.15, 0.2) is 109 Å². The molecule has 37 heavy (non-hydrogen) atoms. The topological polar surface area (TPSA) is 63.4 Å². The molecule has 0 aliphatic heterocycles. The third-order valence-corrected chi connectivity index (χ3v) is 6.32. The third-order valence-electron chi connectivity index (χ3n) is 6.12. The van der Waals surface area contributed by atoms with Crippen LogP contribution in [0.3, 0.4) is 0 Å². The number of primary amides is 1. The van der Waals surface area contributed by atoms with Gasteiger partial charge in [-0.2, -0.15) is 0 Å². The van der Waals surface area contributed by atoms with Crippen LogP contribution in [0, 0.1) is 0 Å². The van der Waals surface area contributed by atoms with Gasteiger partial charge in [-0.05, 0) is 68.7 Å². The number of nitrogens with two attached hydrogens (primary N) is 1. The number of carbonyl (C=O) groups is 2. The zero-order chi connectivity index (χ0) is 25.2. The quantitative estimate of drug-likeness (QED) is 0.155. The maximum Gasteiger partial charge on any atom is 1.00 e. The molecule has 0 heterocycles. The van der Waals surface area contributed by atoms with Crippen LogP contribution in [0.5, 0.6) is 0 Å². The van der Waals surface area contributed by atoms with Crippen LogP contribution in [0.4, 0.5) is 21.0 Å². The average molecular weight is 531 g/mol. The third kappa shape index (κ3) is 5.64. The van der Waals surface area contributed by atoms with E-state index in [1.54, 1.807) is 4.90 Å². The summed E-state index contributed by atoms with van der Waals surface area (Å²) in [7, 11) is 0. The number of nitrogens with zero attached hydrogens (tertiary/aromatic N) is 1. The van der Waals surface area contributed by atoms with E-state index < -0.39 is 5.24 Å². The van der Waals surface area contributed by atoms with Gasteiger partial charge in [0.05, 0.1) is 11.4 Å². The number of benzene rings is 6. The molecule has 0 spiro atoms. The Morgan fingerprint density at radius 3 is 1.24 bits per heavy atom. The van der Waals surface area contributed by atoms with E-state index in [0.29, 0.717) is 0 Å². The Balaban J connectivity index is 0.000000625. The Morgan fingerprint density at radius 2 is 0.892 bits per heavy atom. The molecule has 0 aliphatic carbocycles. The van der Waals surface area contributed by atoms with Crippen molar-refractivity contribution in [1.82, 2.24) is 0 Å². The van der Waals surface area contributed by atoms with Gasteiger partial charge >= 0.3 is 29.6 Å².